The summed E-state index contributed by atoms with van der Waals surface area (Å²) in [6, 6.07) is 6.99. The number of carbonyl (C=O) groups excluding carboxylic acids is 2. The topological polar surface area (TPSA) is 76.7 Å². The number of carbonyl (C=O) groups is 2. The first-order valence-corrected chi connectivity index (χ1v) is 6.63. The van der Waals surface area contributed by atoms with Gasteiger partial charge in [-0.25, -0.2) is 0 Å². The van der Waals surface area contributed by atoms with Crippen LogP contribution in [0.2, 0.25) is 0 Å². The fourth-order valence-corrected chi connectivity index (χ4v) is 1.56. The molecule has 6 nitrogen and oxygen atoms in total. The van der Waals surface area contributed by atoms with E-state index in [1.54, 1.807) is 24.3 Å². The zero-order valence-corrected chi connectivity index (χ0v) is 11.3. The van der Waals surface area contributed by atoms with Crippen molar-refractivity contribution in [1.82, 2.24) is 10.9 Å². The third-order valence-corrected chi connectivity index (χ3v) is 2.78. The van der Waals surface area contributed by atoms with Crippen molar-refractivity contribution in [2.45, 2.75) is 19.8 Å². The van der Waals surface area contributed by atoms with Crippen molar-refractivity contribution in [2.75, 3.05) is 13.2 Å². The largest absolute Gasteiger partial charge is 0.494 e. The molecule has 0 atom stereocenters. The summed E-state index contributed by atoms with van der Waals surface area (Å²) in [7, 11) is 0. The van der Waals surface area contributed by atoms with Gasteiger partial charge in [0.1, 0.15) is 11.5 Å². The molecule has 0 aliphatic heterocycles. The molecule has 108 valence electrons. The first-order chi connectivity index (χ1) is 9.69. The van der Waals surface area contributed by atoms with Crippen LogP contribution < -0.4 is 20.3 Å². The molecule has 0 radical (unpaired) electrons. The van der Waals surface area contributed by atoms with Gasteiger partial charge in [-0.05, 0) is 44.0 Å². The Labute approximate surface area is 117 Å². The van der Waals surface area contributed by atoms with E-state index < -0.39 is 5.91 Å². The third kappa shape index (κ3) is 4.46. The summed E-state index contributed by atoms with van der Waals surface area (Å²) >= 11 is 0. The van der Waals surface area contributed by atoms with E-state index in [-0.39, 0.29) is 18.4 Å². The molecule has 2 amide bonds. The standard InChI is InChI=1S/C14H18N2O4/c1-2-19-11-5-7-12(8-6-11)20-9-13(17)15-16-14(18)10-3-4-10/h5-8,10H,2-4,9H2,1H3,(H,15,17)(H,16,18). The van der Waals surface area contributed by atoms with Crippen molar-refractivity contribution in [3.05, 3.63) is 24.3 Å². The molecule has 0 heterocycles. The number of benzene rings is 1. The second-order valence-electron chi connectivity index (χ2n) is 4.50. The van der Waals surface area contributed by atoms with Gasteiger partial charge in [-0.3, -0.25) is 20.4 Å². The monoisotopic (exact) mass is 278 g/mol. The SMILES string of the molecule is CCOc1ccc(OCC(=O)NNC(=O)C2CC2)cc1. The van der Waals surface area contributed by atoms with Crippen LogP contribution >= 0.6 is 0 Å². The molecule has 1 aliphatic carbocycles. The molecule has 0 unspecified atom stereocenters. The minimum absolute atomic E-state index is 0.0577. The van der Waals surface area contributed by atoms with Crippen molar-refractivity contribution in [1.29, 1.82) is 0 Å². The van der Waals surface area contributed by atoms with Gasteiger partial charge in [0.15, 0.2) is 6.61 Å². The molecule has 1 fully saturated rings. The summed E-state index contributed by atoms with van der Waals surface area (Å²) < 4.78 is 10.6. The lowest BCUT2D eigenvalue weighted by atomic mass is 10.3. The van der Waals surface area contributed by atoms with Crippen LogP contribution in [-0.2, 0) is 9.59 Å². The van der Waals surface area contributed by atoms with E-state index in [1.165, 1.54) is 0 Å². The minimum Gasteiger partial charge on any atom is -0.494 e. The van der Waals surface area contributed by atoms with E-state index in [9.17, 15) is 9.59 Å². The molecule has 20 heavy (non-hydrogen) atoms. The van der Waals surface area contributed by atoms with E-state index in [0.717, 1.165) is 18.6 Å². The minimum atomic E-state index is -0.395. The fourth-order valence-electron chi connectivity index (χ4n) is 1.56. The number of hydrogen-bond acceptors (Lipinski definition) is 4. The highest BCUT2D eigenvalue weighted by Gasteiger charge is 2.29. The Morgan fingerprint density at radius 3 is 2.25 bits per heavy atom. The summed E-state index contributed by atoms with van der Waals surface area (Å²) in [6.07, 6.45) is 1.79. The van der Waals surface area contributed by atoms with Gasteiger partial charge in [-0.1, -0.05) is 0 Å². The molecule has 1 aromatic rings. The predicted molar refractivity (Wildman–Crippen MR) is 72.1 cm³/mol. The summed E-state index contributed by atoms with van der Waals surface area (Å²) in [4.78, 5) is 22.8. The normalized spacial score (nSPS) is 13.4. The van der Waals surface area contributed by atoms with Gasteiger partial charge in [0.05, 0.1) is 6.61 Å². The molecular formula is C14H18N2O4. The Bertz CT molecular complexity index is 469. The zero-order chi connectivity index (χ0) is 14.4. The Morgan fingerprint density at radius 2 is 1.70 bits per heavy atom. The summed E-state index contributed by atoms with van der Waals surface area (Å²) in [5, 5.41) is 0. The maximum absolute atomic E-state index is 11.5. The lowest BCUT2D eigenvalue weighted by molar-refractivity contribution is -0.130. The van der Waals surface area contributed by atoms with Crippen molar-refractivity contribution in [2.24, 2.45) is 5.92 Å². The highest BCUT2D eigenvalue weighted by molar-refractivity contribution is 5.85. The number of amides is 2. The van der Waals surface area contributed by atoms with E-state index in [1.807, 2.05) is 6.92 Å². The Morgan fingerprint density at radius 1 is 1.10 bits per heavy atom. The lowest BCUT2D eigenvalue weighted by Crippen LogP contribution is -2.44. The quantitative estimate of drug-likeness (QED) is 0.762. The average Bonchev–Trinajstić information content (AvgIpc) is 3.29. The molecule has 2 rings (SSSR count). The van der Waals surface area contributed by atoms with Gasteiger partial charge in [-0.15, -0.1) is 0 Å². The molecule has 1 aromatic carbocycles. The van der Waals surface area contributed by atoms with Crippen LogP contribution in [-0.4, -0.2) is 25.0 Å². The molecular weight excluding hydrogens is 260 g/mol. The van der Waals surface area contributed by atoms with Crippen LogP contribution in [0.1, 0.15) is 19.8 Å². The summed E-state index contributed by atoms with van der Waals surface area (Å²) in [5.41, 5.74) is 4.69. The first kappa shape index (κ1) is 14.2. The maximum atomic E-state index is 11.5. The van der Waals surface area contributed by atoms with Crippen molar-refractivity contribution < 1.29 is 19.1 Å². The second kappa shape index (κ2) is 6.79. The number of ether oxygens (including phenoxy) is 2. The van der Waals surface area contributed by atoms with E-state index >= 15 is 0 Å². The number of rotatable bonds is 6. The van der Waals surface area contributed by atoms with Crippen LogP contribution in [0.15, 0.2) is 24.3 Å². The van der Waals surface area contributed by atoms with E-state index in [0.29, 0.717) is 12.4 Å². The van der Waals surface area contributed by atoms with Gasteiger partial charge in [0.2, 0.25) is 5.91 Å². The average molecular weight is 278 g/mol. The Hall–Kier alpha value is -2.24. The van der Waals surface area contributed by atoms with Crippen molar-refractivity contribution in [3.63, 3.8) is 0 Å². The van der Waals surface area contributed by atoms with Crippen LogP contribution in [0, 0.1) is 5.92 Å². The van der Waals surface area contributed by atoms with Crippen molar-refractivity contribution >= 4 is 11.8 Å². The fraction of sp³-hybridized carbons (Fsp3) is 0.429. The summed E-state index contributed by atoms with van der Waals surface area (Å²) in [5.74, 6) is 0.841. The third-order valence-electron chi connectivity index (χ3n) is 2.78. The predicted octanol–water partition coefficient (Wildman–Crippen LogP) is 1.02. The highest BCUT2D eigenvalue weighted by Crippen LogP contribution is 2.28. The molecule has 0 spiro atoms. The van der Waals surface area contributed by atoms with Crippen molar-refractivity contribution in [3.8, 4) is 11.5 Å². The molecule has 0 bridgehead atoms. The molecule has 1 aliphatic rings. The Kier molecular flexibility index (Phi) is 4.81. The Balaban J connectivity index is 1.68. The van der Waals surface area contributed by atoms with Crippen LogP contribution in [0.4, 0.5) is 0 Å². The lowest BCUT2D eigenvalue weighted by Gasteiger charge is -2.09. The molecule has 0 saturated heterocycles. The van der Waals surface area contributed by atoms with E-state index in [4.69, 9.17) is 9.47 Å². The second-order valence-corrected chi connectivity index (χ2v) is 4.50. The number of nitrogens with one attached hydrogen (secondary N) is 2. The van der Waals surface area contributed by atoms with Crippen LogP contribution in [0.25, 0.3) is 0 Å². The highest BCUT2D eigenvalue weighted by atomic mass is 16.5. The molecule has 0 aromatic heterocycles. The van der Waals surface area contributed by atoms with Crippen LogP contribution in [0.5, 0.6) is 11.5 Å². The number of hydrazine groups is 1. The first-order valence-electron chi connectivity index (χ1n) is 6.63. The smallest absolute Gasteiger partial charge is 0.276 e. The van der Waals surface area contributed by atoms with Crippen LogP contribution in [0.3, 0.4) is 0 Å². The van der Waals surface area contributed by atoms with Gasteiger partial charge >= 0.3 is 0 Å². The summed E-state index contributed by atoms with van der Waals surface area (Å²) in [6.45, 7) is 2.35. The van der Waals surface area contributed by atoms with Gasteiger partial charge in [0.25, 0.3) is 5.91 Å². The molecule has 6 heteroatoms. The molecule has 1 saturated carbocycles. The molecule has 2 N–H and O–H groups in total. The maximum Gasteiger partial charge on any atom is 0.276 e. The van der Waals surface area contributed by atoms with Gasteiger partial charge in [-0.2, -0.15) is 0 Å². The zero-order valence-electron chi connectivity index (χ0n) is 11.3. The van der Waals surface area contributed by atoms with E-state index in [2.05, 4.69) is 10.9 Å². The van der Waals surface area contributed by atoms with Gasteiger partial charge < -0.3 is 9.47 Å². The van der Waals surface area contributed by atoms with Gasteiger partial charge in [0, 0.05) is 5.92 Å². The number of hydrogen-bond donors (Lipinski definition) is 2.